The van der Waals surface area contributed by atoms with Crippen molar-refractivity contribution in [3.05, 3.63) is 77.1 Å². The Kier molecular flexibility index (Phi) is 8.92. The second-order valence-electron chi connectivity index (χ2n) is 7.82. The maximum absolute atomic E-state index is 12.7. The van der Waals surface area contributed by atoms with E-state index in [2.05, 4.69) is 32.5 Å². The van der Waals surface area contributed by atoms with Crippen LogP contribution in [0.15, 0.2) is 54.6 Å². The van der Waals surface area contributed by atoms with Gasteiger partial charge in [0, 0.05) is 17.3 Å². The van der Waals surface area contributed by atoms with Crippen LogP contribution < -0.4 is 4.74 Å². The molecule has 4 aromatic rings. The summed E-state index contributed by atoms with van der Waals surface area (Å²) in [5, 5.41) is 14.4. The van der Waals surface area contributed by atoms with Crippen LogP contribution >= 0.6 is 12.4 Å². The summed E-state index contributed by atoms with van der Waals surface area (Å²) in [5.74, 6) is 0.647. The molecular weight excluding hydrogens is 466 g/mol. The molecule has 0 bridgehead atoms. The second kappa shape index (κ2) is 12.1. The van der Waals surface area contributed by atoms with E-state index in [0.29, 0.717) is 42.5 Å². The molecule has 0 unspecified atom stereocenters. The van der Waals surface area contributed by atoms with Crippen molar-refractivity contribution in [2.45, 2.75) is 40.2 Å². The zero-order valence-corrected chi connectivity index (χ0v) is 20.8. The fraction of sp³-hybridized carbons (Fsp3) is 0.269. The lowest BCUT2D eigenvalue weighted by Gasteiger charge is -2.15. The van der Waals surface area contributed by atoms with Gasteiger partial charge in [0.25, 0.3) is 0 Å². The monoisotopic (exact) mass is 493 g/mol. The van der Waals surface area contributed by atoms with Crippen molar-refractivity contribution in [1.82, 2.24) is 25.6 Å². The minimum Gasteiger partial charge on any atom is -0.488 e. The Morgan fingerprint density at radius 1 is 1.03 bits per heavy atom. The Balaban J connectivity index is 0.00000342. The Morgan fingerprint density at radius 3 is 2.43 bits per heavy atom. The average molecular weight is 494 g/mol. The molecule has 0 aliphatic rings. The van der Waals surface area contributed by atoms with Gasteiger partial charge in [-0.2, -0.15) is 5.21 Å². The molecule has 1 N–H and O–H groups in total. The van der Waals surface area contributed by atoms with Gasteiger partial charge in [-0.15, -0.1) is 22.6 Å². The number of esters is 1. The maximum Gasteiger partial charge on any atom is 0.343 e. The first kappa shape index (κ1) is 25.8. The number of hydrogen-bond acceptors (Lipinski definition) is 7. The van der Waals surface area contributed by atoms with Crippen LogP contribution in [0.4, 0.5) is 0 Å². The molecule has 2 aromatic heterocycles. The summed E-state index contributed by atoms with van der Waals surface area (Å²) in [6.45, 7) is 6.35. The number of rotatable bonds is 9. The second-order valence-corrected chi connectivity index (χ2v) is 7.82. The molecule has 35 heavy (non-hydrogen) atoms. The zero-order valence-electron chi connectivity index (χ0n) is 19.9. The SMILES string of the molecule is CCCc1nc(C)cc(OCc2ccc(-c3ccccc3-c3nn[nH]n3)cc2)c1C(=O)OCC.Cl. The van der Waals surface area contributed by atoms with E-state index in [1.165, 1.54) is 0 Å². The van der Waals surface area contributed by atoms with Gasteiger partial charge in [-0.05, 0) is 42.2 Å². The van der Waals surface area contributed by atoms with Crippen LogP contribution in [-0.2, 0) is 17.8 Å². The number of hydrogen-bond donors (Lipinski definition) is 1. The molecule has 0 fully saturated rings. The molecule has 0 saturated carbocycles. The first-order chi connectivity index (χ1) is 16.6. The maximum atomic E-state index is 12.7. The number of halogens is 1. The average Bonchev–Trinajstić information content (AvgIpc) is 3.38. The molecule has 2 heterocycles. The van der Waals surface area contributed by atoms with Gasteiger partial charge in [0.15, 0.2) is 0 Å². The molecular formula is C26H28ClN5O3. The summed E-state index contributed by atoms with van der Waals surface area (Å²) in [7, 11) is 0. The Hall–Kier alpha value is -3.78. The van der Waals surface area contributed by atoms with E-state index in [0.717, 1.165) is 34.4 Å². The van der Waals surface area contributed by atoms with Crippen LogP contribution in [0.25, 0.3) is 22.5 Å². The van der Waals surface area contributed by atoms with Gasteiger partial charge in [-0.25, -0.2) is 4.79 Å². The lowest BCUT2D eigenvalue weighted by Crippen LogP contribution is -2.13. The van der Waals surface area contributed by atoms with Crippen molar-refractivity contribution in [2.75, 3.05) is 6.61 Å². The fourth-order valence-corrected chi connectivity index (χ4v) is 3.81. The number of pyridine rings is 1. The van der Waals surface area contributed by atoms with Crippen molar-refractivity contribution in [3.63, 3.8) is 0 Å². The molecule has 2 aromatic carbocycles. The number of H-pyrrole nitrogens is 1. The fourth-order valence-electron chi connectivity index (χ4n) is 3.81. The topological polar surface area (TPSA) is 103 Å². The van der Waals surface area contributed by atoms with Gasteiger partial charge in [0.2, 0.25) is 5.82 Å². The van der Waals surface area contributed by atoms with Gasteiger partial charge in [-0.3, -0.25) is 4.98 Å². The predicted molar refractivity (Wildman–Crippen MR) is 136 cm³/mol. The number of tetrazole rings is 1. The van der Waals surface area contributed by atoms with Crippen LogP contribution in [0.5, 0.6) is 5.75 Å². The molecule has 0 amide bonds. The predicted octanol–water partition coefficient (Wildman–Crippen LogP) is 5.37. The van der Waals surface area contributed by atoms with Crippen molar-refractivity contribution >= 4 is 18.4 Å². The Morgan fingerprint density at radius 2 is 1.77 bits per heavy atom. The largest absolute Gasteiger partial charge is 0.488 e. The highest BCUT2D eigenvalue weighted by atomic mass is 35.5. The highest BCUT2D eigenvalue weighted by Crippen LogP contribution is 2.30. The molecule has 4 rings (SSSR count). The number of nitrogens with one attached hydrogen (secondary N) is 1. The summed E-state index contributed by atoms with van der Waals surface area (Å²) >= 11 is 0. The van der Waals surface area contributed by atoms with Crippen molar-refractivity contribution in [3.8, 4) is 28.3 Å². The molecule has 0 aliphatic carbocycles. The number of ether oxygens (including phenoxy) is 2. The lowest BCUT2D eigenvalue weighted by molar-refractivity contribution is 0.0519. The van der Waals surface area contributed by atoms with E-state index in [1.54, 1.807) is 13.0 Å². The van der Waals surface area contributed by atoms with E-state index >= 15 is 0 Å². The standard InChI is InChI=1S/C26H27N5O3.ClH/c1-4-8-22-24(26(32)33-5-2)23(15-17(3)27-22)34-16-18-11-13-19(14-12-18)20-9-6-7-10-21(20)25-28-30-31-29-25;/h6-7,9-15H,4-5,8,16H2,1-3H3,(H,28,29,30,31);1H. The van der Waals surface area contributed by atoms with Crippen molar-refractivity contribution < 1.29 is 14.3 Å². The quantitative estimate of drug-likeness (QED) is 0.313. The smallest absolute Gasteiger partial charge is 0.343 e. The summed E-state index contributed by atoms with van der Waals surface area (Å²) < 4.78 is 11.4. The number of aromatic nitrogens is 5. The number of carbonyl (C=O) groups excluding carboxylic acids is 1. The third-order valence-corrected chi connectivity index (χ3v) is 5.33. The number of aryl methyl sites for hydroxylation is 2. The first-order valence-electron chi connectivity index (χ1n) is 11.3. The van der Waals surface area contributed by atoms with E-state index in [1.807, 2.05) is 55.5 Å². The Bertz CT molecular complexity index is 1260. The zero-order chi connectivity index (χ0) is 23.9. The molecule has 0 atom stereocenters. The molecule has 8 nitrogen and oxygen atoms in total. The minimum atomic E-state index is -0.401. The highest BCUT2D eigenvalue weighted by Gasteiger charge is 2.21. The van der Waals surface area contributed by atoms with Gasteiger partial charge in [0.1, 0.15) is 17.9 Å². The molecule has 182 valence electrons. The van der Waals surface area contributed by atoms with E-state index in [9.17, 15) is 4.79 Å². The Labute approximate surface area is 210 Å². The van der Waals surface area contributed by atoms with E-state index in [-0.39, 0.29) is 12.4 Å². The van der Waals surface area contributed by atoms with E-state index in [4.69, 9.17) is 9.47 Å². The number of nitrogens with zero attached hydrogens (tertiary/aromatic N) is 4. The van der Waals surface area contributed by atoms with Gasteiger partial charge in [-0.1, -0.05) is 61.9 Å². The molecule has 0 spiro atoms. The summed E-state index contributed by atoms with van der Waals surface area (Å²) in [6.07, 6.45) is 1.55. The normalized spacial score (nSPS) is 10.5. The summed E-state index contributed by atoms with van der Waals surface area (Å²) in [5.41, 5.74) is 5.85. The van der Waals surface area contributed by atoms with Crippen molar-refractivity contribution in [2.24, 2.45) is 0 Å². The van der Waals surface area contributed by atoms with Crippen LogP contribution in [0, 0.1) is 6.92 Å². The van der Waals surface area contributed by atoms with Crippen LogP contribution in [0.2, 0.25) is 0 Å². The third kappa shape index (κ3) is 6.02. The van der Waals surface area contributed by atoms with Gasteiger partial charge < -0.3 is 9.47 Å². The molecule has 0 saturated heterocycles. The van der Waals surface area contributed by atoms with Crippen LogP contribution in [0.3, 0.4) is 0 Å². The number of aromatic amines is 1. The highest BCUT2D eigenvalue weighted by molar-refractivity contribution is 5.93. The summed E-state index contributed by atoms with van der Waals surface area (Å²) in [4.78, 5) is 17.2. The van der Waals surface area contributed by atoms with E-state index < -0.39 is 5.97 Å². The lowest BCUT2D eigenvalue weighted by atomic mass is 9.98. The third-order valence-electron chi connectivity index (χ3n) is 5.33. The molecule has 9 heteroatoms. The molecule has 0 radical (unpaired) electrons. The summed E-state index contributed by atoms with van der Waals surface area (Å²) in [6, 6.07) is 17.8. The minimum absolute atomic E-state index is 0. The number of benzene rings is 2. The molecule has 0 aliphatic heterocycles. The first-order valence-corrected chi connectivity index (χ1v) is 11.3. The van der Waals surface area contributed by atoms with Gasteiger partial charge in [0.05, 0.1) is 12.3 Å². The van der Waals surface area contributed by atoms with Crippen molar-refractivity contribution in [1.29, 1.82) is 0 Å². The van der Waals surface area contributed by atoms with Crippen LogP contribution in [0.1, 0.15) is 47.6 Å². The van der Waals surface area contributed by atoms with Gasteiger partial charge >= 0.3 is 5.97 Å². The van der Waals surface area contributed by atoms with Crippen LogP contribution in [-0.4, -0.2) is 38.2 Å². The number of carbonyl (C=O) groups is 1.